The van der Waals surface area contributed by atoms with Crippen LogP contribution in [-0.4, -0.2) is 47.1 Å². The zero-order valence-electron chi connectivity index (χ0n) is 18.2. The van der Waals surface area contributed by atoms with Crippen molar-refractivity contribution in [1.29, 1.82) is 0 Å². The van der Waals surface area contributed by atoms with Crippen molar-refractivity contribution in [1.82, 2.24) is 24.4 Å². The minimum absolute atomic E-state index is 0.104. The molecule has 9 heteroatoms. The Morgan fingerprint density at radius 1 is 1.06 bits per heavy atom. The topological polar surface area (TPSA) is 97.2 Å². The number of carbonyl (C=O) groups is 1. The molecule has 2 aromatic heterocycles. The summed E-state index contributed by atoms with van der Waals surface area (Å²) in [4.78, 5) is 18.6. The van der Waals surface area contributed by atoms with Crippen LogP contribution in [0.4, 0.5) is 0 Å². The number of benzene rings is 1. The van der Waals surface area contributed by atoms with Gasteiger partial charge < -0.3 is 4.90 Å². The van der Waals surface area contributed by atoms with Gasteiger partial charge in [-0.15, -0.1) is 0 Å². The fourth-order valence-electron chi connectivity index (χ4n) is 3.24. The number of pyridine rings is 1. The van der Waals surface area contributed by atoms with Gasteiger partial charge in [-0.3, -0.25) is 4.79 Å². The fraction of sp³-hybridized carbons (Fsp3) is 0.318. The van der Waals surface area contributed by atoms with Crippen LogP contribution in [0.15, 0.2) is 53.6 Å². The molecule has 0 aliphatic carbocycles. The maximum atomic E-state index is 12.6. The number of sulfonamides is 1. The van der Waals surface area contributed by atoms with Crippen molar-refractivity contribution in [3.63, 3.8) is 0 Å². The lowest BCUT2D eigenvalue weighted by molar-refractivity contribution is 0.0773. The van der Waals surface area contributed by atoms with Gasteiger partial charge in [0.25, 0.3) is 5.91 Å². The van der Waals surface area contributed by atoms with E-state index in [0.29, 0.717) is 24.5 Å². The minimum Gasteiger partial charge on any atom is -0.339 e. The van der Waals surface area contributed by atoms with E-state index >= 15 is 0 Å². The Kier molecular flexibility index (Phi) is 6.87. The number of nitrogens with zero attached hydrogens (tertiary/aromatic N) is 4. The molecule has 1 amide bonds. The fourth-order valence-corrected chi connectivity index (χ4v) is 4.26. The summed E-state index contributed by atoms with van der Waals surface area (Å²) in [6.07, 6.45) is 1.63. The van der Waals surface area contributed by atoms with Crippen molar-refractivity contribution >= 4 is 15.9 Å². The molecule has 0 aliphatic rings. The number of rotatable bonds is 8. The molecular formula is C22H27N5O3S. The standard InChI is InChI=1S/C22H27N5O3S/c1-5-26(6-2)22(28)19-8-10-20(11-9-19)31(29,30)24-15-18-7-12-21(23-14-18)27-17(4)13-16(3)25-27/h7-14,24H,5-6,15H2,1-4H3. The summed E-state index contributed by atoms with van der Waals surface area (Å²) in [5, 5.41) is 4.39. The van der Waals surface area contributed by atoms with Crippen molar-refractivity contribution in [2.45, 2.75) is 39.1 Å². The summed E-state index contributed by atoms with van der Waals surface area (Å²) in [7, 11) is -3.72. The van der Waals surface area contributed by atoms with Gasteiger partial charge in [0.1, 0.15) is 0 Å². The number of hydrogen-bond donors (Lipinski definition) is 1. The summed E-state index contributed by atoms with van der Waals surface area (Å²) in [6, 6.07) is 11.6. The predicted octanol–water partition coefficient (Wildman–Crippen LogP) is 2.84. The third-order valence-electron chi connectivity index (χ3n) is 4.96. The highest BCUT2D eigenvalue weighted by Gasteiger charge is 2.17. The molecular weight excluding hydrogens is 414 g/mol. The van der Waals surface area contributed by atoms with E-state index < -0.39 is 10.0 Å². The van der Waals surface area contributed by atoms with E-state index in [-0.39, 0.29) is 17.3 Å². The molecule has 0 spiro atoms. The number of aromatic nitrogens is 3. The molecule has 3 aromatic rings. The van der Waals surface area contributed by atoms with E-state index in [4.69, 9.17) is 0 Å². The van der Waals surface area contributed by atoms with Crippen LogP contribution in [0.2, 0.25) is 0 Å². The van der Waals surface area contributed by atoms with E-state index in [1.54, 1.807) is 34.0 Å². The first-order valence-electron chi connectivity index (χ1n) is 10.1. The van der Waals surface area contributed by atoms with Gasteiger partial charge in [-0.1, -0.05) is 6.07 Å². The summed E-state index contributed by atoms with van der Waals surface area (Å²) < 4.78 is 29.6. The lowest BCUT2D eigenvalue weighted by atomic mass is 10.2. The lowest BCUT2D eigenvalue weighted by Gasteiger charge is -2.18. The maximum Gasteiger partial charge on any atom is 0.253 e. The van der Waals surface area contributed by atoms with Crippen LogP contribution in [0.25, 0.3) is 5.82 Å². The summed E-state index contributed by atoms with van der Waals surface area (Å²) in [5.41, 5.74) is 3.07. The van der Waals surface area contributed by atoms with Crippen LogP contribution >= 0.6 is 0 Å². The number of nitrogens with one attached hydrogen (secondary N) is 1. The second-order valence-corrected chi connectivity index (χ2v) is 8.96. The van der Waals surface area contributed by atoms with Crippen molar-refractivity contribution in [2.24, 2.45) is 0 Å². The quantitative estimate of drug-likeness (QED) is 0.580. The number of carbonyl (C=O) groups excluding carboxylic acids is 1. The molecule has 8 nitrogen and oxygen atoms in total. The van der Waals surface area contributed by atoms with E-state index in [2.05, 4.69) is 14.8 Å². The van der Waals surface area contributed by atoms with E-state index in [0.717, 1.165) is 17.0 Å². The van der Waals surface area contributed by atoms with Gasteiger partial charge in [0.2, 0.25) is 10.0 Å². The average molecular weight is 442 g/mol. The van der Waals surface area contributed by atoms with Crippen LogP contribution in [0, 0.1) is 13.8 Å². The highest BCUT2D eigenvalue weighted by molar-refractivity contribution is 7.89. The van der Waals surface area contributed by atoms with Crippen molar-refractivity contribution < 1.29 is 13.2 Å². The molecule has 2 heterocycles. The number of amides is 1. The molecule has 0 fully saturated rings. The predicted molar refractivity (Wildman–Crippen MR) is 119 cm³/mol. The molecule has 0 unspecified atom stereocenters. The van der Waals surface area contributed by atoms with E-state index in [1.165, 1.54) is 12.1 Å². The minimum atomic E-state index is -3.72. The molecule has 3 rings (SSSR count). The van der Waals surface area contributed by atoms with Crippen LogP contribution in [-0.2, 0) is 16.6 Å². The first-order valence-corrected chi connectivity index (χ1v) is 11.6. The van der Waals surface area contributed by atoms with Gasteiger partial charge in [-0.05, 0) is 69.7 Å². The third kappa shape index (κ3) is 5.18. The Bertz CT molecular complexity index is 1150. The normalized spacial score (nSPS) is 11.5. The molecule has 0 saturated carbocycles. The second kappa shape index (κ2) is 9.40. The monoisotopic (exact) mass is 441 g/mol. The van der Waals surface area contributed by atoms with E-state index in [9.17, 15) is 13.2 Å². The first-order chi connectivity index (χ1) is 14.7. The number of hydrogen-bond acceptors (Lipinski definition) is 5. The first kappa shape index (κ1) is 22.6. The molecule has 0 aliphatic heterocycles. The zero-order valence-corrected chi connectivity index (χ0v) is 19.0. The highest BCUT2D eigenvalue weighted by atomic mass is 32.2. The van der Waals surface area contributed by atoms with Gasteiger partial charge in [0.15, 0.2) is 5.82 Å². The Labute approximate surface area is 183 Å². The van der Waals surface area contributed by atoms with Crippen molar-refractivity contribution in [2.75, 3.05) is 13.1 Å². The molecule has 0 saturated heterocycles. The highest BCUT2D eigenvalue weighted by Crippen LogP contribution is 2.14. The third-order valence-corrected chi connectivity index (χ3v) is 6.38. The largest absolute Gasteiger partial charge is 0.339 e. The molecule has 1 N–H and O–H groups in total. The van der Waals surface area contributed by atoms with E-state index in [1.807, 2.05) is 39.8 Å². The van der Waals surface area contributed by atoms with Crippen molar-refractivity contribution in [3.05, 3.63) is 71.2 Å². The molecule has 0 radical (unpaired) electrons. The van der Waals surface area contributed by atoms with Gasteiger partial charge in [-0.25, -0.2) is 22.8 Å². The molecule has 31 heavy (non-hydrogen) atoms. The SMILES string of the molecule is CCN(CC)C(=O)c1ccc(S(=O)(=O)NCc2ccc(-n3nc(C)cc3C)nc2)cc1. The van der Waals surface area contributed by atoms with Crippen LogP contribution in [0.3, 0.4) is 0 Å². The van der Waals surface area contributed by atoms with Crippen LogP contribution in [0.1, 0.15) is 41.2 Å². The molecule has 0 atom stereocenters. The van der Waals surface area contributed by atoms with Gasteiger partial charge >= 0.3 is 0 Å². The molecule has 1 aromatic carbocycles. The second-order valence-electron chi connectivity index (χ2n) is 7.19. The Balaban J connectivity index is 1.67. The Morgan fingerprint density at radius 2 is 1.74 bits per heavy atom. The van der Waals surface area contributed by atoms with Crippen molar-refractivity contribution in [3.8, 4) is 5.82 Å². The zero-order chi connectivity index (χ0) is 22.6. The Hall–Kier alpha value is -3.04. The van der Waals surface area contributed by atoms with Crippen LogP contribution in [0.5, 0.6) is 0 Å². The summed E-state index contributed by atoms with van der Waals surface area (Å²) in [6.45, 7) is 8.98. The Morgan fingerprint density at radius 3 is 2.26 bits per heavy atom. The van der Waals surface area contributed by atoms with Gasteiger partial charge in [-0.2, -0.15) is 5.10 Å². The average Bonchev–Trinajstić information content (AvgIpc) is 3.11. The maximum absolute atomic E-state index is 12.6. The molecule has 0 bridgehead atoms. The van der Waals surface area contributed by atoms with Gasteiger partial charge in [0.05, 0.1) is 10.6 Å². The van der Waals surface area contributed by atoms with Gasteiger partial charge in [0, 0.05) is 37.1 Å². The number of aryl methyl sites for hydroxylation is 2. The van der Waals surface area contributed by atoms with Crippen LogP contribution < -0.4 is 4.72 Å². The summed E-state index contributed by atoms with van der Waals surface area (Å²) in [5.74, 6) is 0.557. The summed E-state index contributed by atoms with van der Waals surface area (Å²) >= 11 is 0. The smallest absolute Gasteiger partial charge is 0.253 e. The lowest BCUT2D eigenvalue weighted by Crippen LogP contribution is -2.30. The molecule has 164 valence electrons.